The Hall–Kier alpha value is -2.37. The molecular formula is C21H29F2IN4O3. The molecule has 0 aliphatic carbocycles. The summed E-state index contributed by atoms with van der Waals surface area (Å²) in [6, 6.07) is 8.76. The zero-order valence-electron chi connectivity index (χ0n) is 17.9. The van der Waals surface area contributed by atoms with Crippen LogP contribution < -0.4 is 24.8 Å². The predicted molar refractivity (Wildman–Crippen MR) is 127 cm³/mol. The lowest BCUT2D eigenvalue weighted by Crippen LogP contribution is -2.36. The van der Waals surface area contributed by atoms with E-state index in [1.54, 1.807) is 38.4 Å². The topological polar surface area (TPSA) is 77.0 Å². The second-order valence-corrected chi connectivity index (χ2v) is 6.15. The van der Waals surface area contributed by atoms with Crippen LogP contribution in [0, 0.1) is 0 Å². The number of halogens is 3. The molecule has 0 atom stereocenters. The third-order valence-electron chi connectivity index (χ3n) is 3.98. The van der Waals surface area contributed by atoms with Crippen LogP contribution in [0.4, 0.5) is 8.78 Å². The average molecular weight is 550 g/mol. The highest BCUT2D eigenvalue weighted by Crippen LogP contribution is 2.32. The van der Waals surface area contributed by atoms with Crippen molar-refractivity contribution in [3.63, 3.8) is 0 Å². The van der Waals surface area contributed by atoms with Gasteiger partial charge in [-0.1, -0.05) is 25.1 Å². The summed E-state index contributed by atoms with van der Waals surface area (Å²) < 4.78 is 41.5. The van der Waals surface area contributed by atoms with Crippen molar-refractivity contribution in [1.82, 2.24) is 15.6 Å². The van der Waals surface area contributed by atoms with E-state index in [1.165, 1.54) is 0 Å². The van der Waals surface area contributed by atoms with Gasteiger partial charge in [-0.2, -0.15) is 8.78 Å². The molecule has 0 saturated carbocycles. The van der Waals surface area contributed by atoms with Crippen molar-refractivity contribution in [2.24, 2.45) is 4.99 Å². The van der Waals surface area contributed by atoms with Gasteiger partial charge in [0.2, 0.25) is 5.88 Å². The normalized spacial score (nSPS) is 11.0. The third-order valence-corrected chi connectivity index (χ3v) is 3.98. The SMILES string of the molecule is CCCOc1ncccc1CNC(=NC)NCc1cccc(OCC)c1OC(F)F.I. The monoisotopic (exact) mass is 550 g/mol. The van der Waals surface area contributed by atoms with Gasteiger partial charge >= 0.3 is 6.61 Å². The number of aliphatic imine (C=N–C) groups is 1. The Morgan fingerprint density at radius 3 is 2.42 bits per heavy atom. The summed E-state index contributed by atoms with van der Waals surface area (Å²) in [5.74, 6) is 1.34. The number of guanidine groups is 1. The number of benzene rings is 1. The number of hydrogen-bond donors (Lipinski definition) is 2. The maximum absolute atomic E-state index is 12.9. The van der Waals surface area contributed by atoms with Crippen LogP contribution in [0.5, 0.6) is 17.4 Å². The van der Waals surface area contributed by atoms with E-state index < -0.39 is 6.61 Å². The van der Waals surface area contributed by atoms with Crippen molar-refractivity contribution in [1.29, 1.82) is 0 Å². The first kappa shape index (κ1) is 26.7. The van der Waals surface area contributed by atoms with E-state index in [0.29, 0.717) is 37.2 Å². The maximum atomic E-state index is 12.9. The van der Waals surface area contributed by atoms with Crippen molar-refractivity contribution in [2.75, 3.05) is 20.3 Å². The molecule has 0 bridgehead atoms. The number of nitrogens with zero attached hydrogens (tertiary/aromatic N) is 2. The van der Waals surface area contributed by atoms with E-state index in [2.05, 4.69) is 20.6 Å². The van der Waals surface area contributed by atoms with E-state index in [4.69, 9.17) is 14.2 Å². The Bertz CT molecular complexity index is 825. The molecule has 0 aliphatic rings. The molecule has 2 aromatic rings. The van der Waals surface area contributed by atoms with E-state index in [9.17, 15) is 8.78 Å². The van der Waals surface area contributed by atoms with Gasteiger partial charge < -0.3 is 24.8 Å². The summed E-state index contributed by atoms with van der Waals surface area (Å²) in [5.41, 5.74) is 1.41. The minimum Gasteiger partial charge on any atom is -0.490 e. The molecule has 7 nitrogen and oxygen atoms in total. The number of pyridine rings is 1. The van der Waals surface area contributed by atoms with Crippen molar-refractivity contribution in [3.05, 3.63) is 47.7 Å². The van der Waals surface area contributed by atoms with Crippen LogP contribution in [0.25, 0.3) is 0 Å². The van der Waals surface area contributed by atoms with Crippen LogP contribution in [-0.2, 0) is 13.1 Å². The lowest BCUT2D eigenvalue weighted by atomic mass is 10.2. The first-order valence-corrected chi connectivity index (χ1v) is 9.79. The Morgan fingerprint density at radius 1 is 1.06 bits per heavy atom. The van der Waals surface area contributed by atoms with E-state index in [0.717, 1.165) is 12.0 Å². The van der Waals surface area contributed by atoms with E-state index in [-0.39, 0.29) is 42.0 Å². The highest BCUT2D eigenvalue weighted by Gasteiger charge is 2.16. The molecular weight excluding hydrogens is 521 g/mol. The van der Waals surface area contributed by atoms with Crippen molar-refractivity contribution in [3.8, 4) is 17.4 Å². The van der Waals surface area contributed by atoms with Gasteiger partial charge in [-0.3, -0.25) is 4.99 Å². The van der Waals surface area contributed by atoms with E-state index >= 15 is 0 Å². The number of para-hydroxylation sites is 1. The molecule has 172 valence electrons. The summed E-state index contributed by atoms with van der Waals surface area (Å²) in [7, 11) is 1.63. The van der Waals surface area contributed by atoms with Gasteiger partial charge in [0.25, 0.3) is 0 Å². The van der Waals surface area contributed by atoms with Crippen LogP contribution in [0.2, 0.25) is 0 Å². The fourth-order valence-electron chi connectivity index (χ4n) is 2.66. The predicted octanol–water partition coefficient (Wildman–Crippen LogP) is 4.35. The van der Waals surface area contributed by atoms with Gasteiger partial charge in [-0.25, -0.2) is 4.98 Å². The van der Waals surface area contributed by atoms with Crippen molar-refractivity contribution in [2.45, 2.75) is 40.0 Å². The van der Waals surface area contributed by atoms with E-state index in [1.807, 2.05) is 19.1 Å². The molecule has 10 heteroatoms. The summed E-state index contributed by atoms with van der Waals surface area (Å²) in [6.07, 6.45) is 2.56. The van der Waals surface area contributed by atoms with Gasteiger partial charge in [0.1, 0.15) is 0 Å². The Balaban J connectivity index is 0.00000480. The number of rotatable bonds is 11. The quantitative estimate of drug-likeness (QED) is 0.246. The Morgan fingerprint density at radius 2 is 1.77 bits per heavy atom. The fraction of sp³-hybridized carbons (Fsp3) is 0.429. The van der Waals surface area contributed by atoms with Crippen LogP contribution in [0.1, 0.15) is 31.4 Å². The lowest BCUT2D eigenvalue weighted by molar-refractivity contribution is -0.0520. The molecule has 1 aromatic carbocycles. The first-order valence-electron chi connectivity index (χ1n) is 9.79. The third kappa shape index (κ3) is 8.72. The molecule has 0 radical (unpaired) electrons. The second-order valence-electron chi connectivity index (χ2n) is 6.15. The van der Waals surface area contributed by atoms with Crippen LogP contribution in [0.3, 0.4) is 0 Å². The molecule has 31 heavy (non-hydrogen) atoms. The van der Waals surface area contributed by atoms with Gasteiger partial charge in [0.05, 0.1) is 13.2 Å². The number of alkyl halides is 2. The Kier molecular flexibility index (Phi) is 12.6. The van der Waals surface area contributed by atoms with Gasteiger partial charge in [0, 0.05) is 37.5 Å². The van der Waals surface area contributed by atoms with Crippen LogP contribution in [0.15, 0.2) is 41.5 Å². The zero-order valence-corrected chi connectivity index (χ0v) is 20.2. The average Bonchev–Trinajstić information content (AvgIpc) is 2.74. The molecule has 1 aromatic heterocycles. The van der Waals surface area contributed by atoms with Crippen molar-refractivity contribution >= 4 is 29.9 Å². The minimum atomic E-state index is -2.95. The van der Waals surface area contributed by atoms with Gasteiger partial charge in [0.15, 0.2) is 17.5 Å². The molecule has 0 saturated heterocycles. The maximum Gasteiger partial charge on any atom is 0.387 e. The first-order chi connectivity index (χ1) is 14.6. The largest absolute Gasteiger partial charge is 0.490 e. The lowest BCUT2D eigenvalue weighted by Gasteiger charge is -2.17. The molecule has 0 spiro atoms. The molecule has 0 unspecified atom stereocenters. The fourth-order valence-corrected chi connectivity index (χ4v) is 2.66. The number of hydrogen-bond acceptors (Lipinski definition) is 5. The summed E-state index contributed by atoms with van der Waals surface area (Å²) in [6.45, 7) is 2.43. The zero-order chi connectivity index (χ0) is 21.8. The van der Waals surface area contributed by atoms with Gasteiger partial charge in [-0.05, 0) is 25.5 Å². The summed E-state index contributed by atoms with van der Waals surface area (Å²) in [4.78, 5) is 8.43. The minimum absolute atomic E-state index is 0. The summed E-state index contributed by atoms with van der Waals surface area (Å²) >= 11 is 0. The highest BCUT2D eigenvalue weighted by molar-refractivity contribution is 14.0. The second kappa shape index (κ2) is 14.6. The molecule has 0 amide bonds. The standard InChI is InChI=1S/C21H28F2N4O3.HI/c1-4-12-29-19-16(9-7-11-25-19)14-27-21(24-3)26-13-15-8-6-10-17(28-5-2)18(15)30-20(22)23;/h6-11,20H,4-5,12-14H2,1-3H3,(H2,24,26,27);1H. The number of aromatic nitrogens is 1. The van der Waals surface area contributed by atoms with Crippen molar-refractivity contribution < 1.29 is 23.0 Å². The van der Waals surface area contributed by atoms with Gasteiger partial charge in [-0.15, -0.1) is 24.0 Å². The van der Waals surface area contributed by atoms with Crippen LogP contribution >= 0.6 is 24.0 Å². The van der Waals surface area contributed by atoms with Crippen LogP contribution in [-0.4, -0.2) is 37.8 Å². The molecule has 0 aliphatic heterocycles. The number of nitrogens with one attached hydrogen (secondary N) is 2. The molecule has 2 rings (SSSR count). The molecule has 1 heterocycles. The Labute approximate surface area is 198 Å². The molecule has 2 N–H and O–H groups in total. The highest BCUT2D eigenvalue weighted by atomic mass is 127. The number of ether oxygens (including phenoxy) is 3. The molecule has 0 fully saturated rings. The smallest absolute Gasteiger partial charge is 0.387 e. The summed E-state index contributed by atoms with van der Waals surface area (Å²) in [5, 5.41) is 6.27.